The molecule has 0 aliphatic rings. The Labute approximate surface area is 171 Å². The molecule has 0 radical (unpaired) electrons. The summed E-state index contributed by atoms with van der Waals surface area (Å²) in [4.78, 5) is 15.5. The molecule has 162 valence electrons. The van der Waals surface area contributed by atoms with Gasteiger partial charge >= 0.3 is 12.3 Å². The Kier molecular flexibility index (Phi) is 5.95. The van der Waals surface area contributed by atoms with Crippen LogP contribution in [-0.4, -0.2) is 33.0 Å². The Morgan fingerprint density at radius 1 is 1.03 bits per heavy atom. The molecule has 2 aromatic carbocycles. The Balaban J connectivity index is 1.71. The van der Waals surface area contributed by atoms with Crippen LogP contribution in [0.1, 0.15) is 5.56 Å². The summed E-state index contributed by atoms with van der Waals surface area (Å²) in [6.07, 6.45) is -9.78. The molecule has 0 saturated carbocycles. The van der Waals surface area contributed by atoms with Crippen LogP contribution < -0.4 is 10.6 Å². The van der Waals surface area contributed by atoms with Crippen molar-refractivity contribution >= 4 is 5.91 Å². The molecule has 13 heteroatoms. The van der Waals surface area contributed by atoms with Crippen LogP contribution in [0.25, 0.3) is 17.1 Å². The average Bonchev–Trinajstić information content (AvgIpc) is 3.18. The Hall–Kier alpha value is -3.90. The highest BCUT2D eigenvalue weighted by molar-refractivity contribution is 5.79. The number of carbonyl (C=O) groups excluding carboxylic acids is 1. The maximum absolute atomic E-state index is 13.0. The molecule has 0 saturated heterocycles. The van der Waals surface area contributed by atoms with Crippen LogP contribution in [0.4, 0.5) is 22.0 Å². The van der Waals surface area contributed by atoms with Crippen LogP contribution in [0.15, 0.2) is 65.2 Å². The lowest BCUT2D eigenvalue weighted by Crippen LogP contribution is -2.41. The lowest BCUT2D eigenvalue weighted by molar-refractivity contribution is -0.360. The number of carbonyl (C=O) groups is 1. The summed E-state index contributed by atoms with van der Waals surface area (Å²) < 4.78 is 67.6. The molecule has 0 bridgehead atoms. The van der Waals surface area contributed by atoms with Crippen molar-refractivity contribution < 1.29 is 31.5 Å². The number of nitrogens with two attached hydrogens (primary N) is 1. The zero-order chi connectivity index (χ0) is 22.6. The number of benzene rings is 2. The van der Waals surface area contributed by atoms with Gasteiger partial charge in [-0.05, 0) is 29.8 Å². The van der Waals surface area contributed by atoms with Crippen molar-refractivity contribution in [3.63, 3.8) is 0 Å². The molecule has 0 spiro atoms. The van der Waals surface area contributed by atoms with Crippen LogP contribution in [-0.2, 0) is 11.2 Å². The van der Waals surface area contributed by atoms with E-state index in [4.69, 9.17) is 5.84 Å². The van der Waals surface area contributed by atoms with E-state index >= 15 is 0 Å². The molecule has 1 aromatic heterocycles. The van der Waals surface area contributed by atoms with Gasteiger partial charge in [-0.2, -0.15) is 22.0 Å². The first-order chi connectivity index (χ1) is 14.6. The van der Waals surface area contributed by atoms with E-state index in [9.17, 15) is 26.7 Å². The number of nitrogens with zero attached hydrogens (tertiary/aromatic N) is 5. The Bertz CT molecular complexity index is 1080. The lowest BCUT2D eigenvalue weighted by atomic mass is 10.1. The van der Waals surface area contributed by atoms with E-state index in [0.717, 1.165) is 12.1 Å². The van der Waals surface area contributed by atoms with Crippen molar-refractivity contribution in [3.8, 4) is 22.8 Å². The Morgan fingerprint density at radius 3 is 2.26 bits per heavy atom. The molecule has 0 atom stereocenters. The third-order valence-corrected chi connectivity index (χ3v) is 3.91. The van der Waals surface area contributed by atoms with Gasteiger partial charge < -0.3 is 10.6 Å². The van der Waals surface area contributed by atoms with Crippen molar-refractivity contribution in [3.05, 3.63) is 60.4 Å². The first kappa shape index (κ1) is 21.8. The molecule has 3 rings (SSSR count). The zero-order valence-corrected chi connectivity index (χ0v) is 15.4. The SMILES string of the molecule is NN=NC(=O)Cc1ccc(-c2ncn(-c3ccc(OC(F)(F)C(F)(F)F)cc3)n2)cc1. The number of rotatable bonds is 6. The number of aromatic nitrogens is 3. The van der Waals surface area contributed by atoms with Gasteiger partial charge in [-0.25, -0.2) is 9.67 Å². The highest BCUT2D eigenvalue weighted by Gasteiger charge is 2.61. The second kappa shape index (κ2) is 8.45. The maximum atomic E-state index is 13.0. The molecule has 0 aliphatic heterocycles. The maximum Gasteiger partial charge on any atom is 0.499 e. The van der Waals surface area contributed by atoms with Crippen LogP contribution in [0, 0.1) is 0 Å². The molecule has 0 fully saturated rings. The summed E-state index contributed by atoms with van der Waals surface area (Å²) in [5.74, 6) is 3.98. The minimum absolute atomic E-state index is 0.0185. The van der Waals surface area contributed by atoms with E-state index in [1.807, 2.05) is 0 Å². The van der Waals surface area contributed by atoms with Gasteiger partial charge in [0.2, 0.25) is 0 Å². The summed E-state index contributed by atoms with van der Waals surface area (Å²) in [6, 6.07) is 11.1. The number of amides is 1. The topological polar surface area (TPSA) is 108 Å². The van der Waals surface area contributed by atoms with Gasteiger partial charge in [-0.1, -0.05) is 34.6 Å². The number of alkyl halides is 5. The molecule has 3 aromatic rings. The first-order valence-electron chi connectivity index (χ1n) is 8.48. The zero-order valence-electron chi connectivity index (χ0n) is 15.4. The molecule has 0 aliphatic carbocycles. The van der Waals surface area contributed by atoms with Crippen molar-refractivity contribution in [2.45, 2.75) is 18.7 Å². The van der Waals surface area contributed by atoms with Crippen molar-refractivity contribution in [2.24, 2.45) is 16.2 Å². The van der Waals surface area contributed by atoms with Crippen molar-refractivity contribution in [1.82, 2.24) is 14.8 Å². The third kappa shape index (κ3) is 5.18. The van der Waals surface area contributed by atoms with Crippen LogP contribution >= 0.6 is 0 Å². The molecule has 31 heavy (non-hydrogen) atoms. The first-order valence-corrected chi connectivity index (χ1v) is 8.48. The van der Waals surface area contributed by atoms with Gasteiger partial charge in [-0.3, -0.25) is 4.79 Å². The summed E-state index contributed by atoms with van der Waals surface area (Å²) in [6.45, 7) is 0. The summed E-state index contributed by atoms with van der Waals surface area (Å²) in [5, 5.41) is 10.4. The highest BCUT2D eigenvalue weighted by atomic mass is 19.4. The third-order valence-electron chi connectivity index (χ3n) is 3.91. The van der Waals surface area contributed by atoms with Crippen LogP contribution in [0.5, 0.6) is 5.75 Å². The molecule has 2 N–H and O–H groups in total. The molecule has 8 nitrogen and oxygen atoms in total. The van der Waals surface area contributed by atoms with Crippen molar-refractivity contribution in [2.75, 3.05) is 0 Å². The number of hydrogen-bond acceptors (Lipinski definition) is 5. The van der Waals surface area contributed by atoms with Gasteiger partial charge in [0.15, 0.2) is 5.82 Å². The standard InChI is InChI=1S/C18H13F5N6O2/c19-17(20,21)18(22,23)31-14-7-5-13(6-8-14)29-10-25-16(27-29)12-3-1-11(2-4-12)9-15(30)26-28-24/h1-8,10H,9H2,(H2,24,26,30). The smallest absolute Gasteiger partial charge is 0.426 e. The second-order valence-corrected chi connectivity index (χ2v) is 6.11. The van der Waals surface area contributed by atoms with Gasteiger partial charge in [0.25, 0.3) is 5.91 Å². The van der Waals surface area contributed by atoms with Gasteiger partial charge in [0.1, 0.15) is 12.1 Å². The molecule has 1 amide bonds. The summed E-state index contributed by atoms with van der Waals surface area (Å²) in [7, 11) is 0. The van der Waals surface area contributed by atoms with Crippen LogP contribution in [0.3, 0.4) is 0 Å². The van der Waals surface area contributed by atoms with E-state index in [-0.39, 0.29) is 6.42 Å². The molecular weight excluding hydrogens is 427 g/mol. The highest BCUT2D eigenvalue weighted by Crippen LogP contribution is 2.37. The van der Waals surface area contributed by atoms with E-state index in [1.54, 1.807) is 24.3 Å². The minimum atomic E-state index is -5.83. The predicted octanol–water partition coefficient (Wildman–Crippen LogP) is 3.86. The molecule has 0 unspecified atom stereocenters. The van der Waals surface area contributed by atoms with E-state index in [2.05, 4.69) is 25.2 Å². The van der Waals surface area contributed by atoms with E-state index < -0.39 is 23.9 Å². The lowest BCUT2D eigenvalue weighted by Gasteiger charge is -2.20. The number of hydrogen-bond donors (Lipinski definition) is 1. The predicted molar refractivity (Wildman–Crippen MR) is 96.2 cm³/mol. The Morgan fingerprint density at radius 2 is 1.68 bits per heavy atom. The van der Waals surface area contributed by atoms with E-state index in [1.165, 1.54) is 23.1 Å². The summed E-state index contributed by atoms with van der Waals surface area (Å²) in [5.41, 5.74) is 1.66. The molecular formula is C18H13F5N6O2. The normalized spacial score (nSPS) is 12.3. The number of ether oxygens (including phenoxy) is 1. The van der Waals surface area contributed by atoms with Gasteiger partial charge in [0.05, 0.1) is 12.1 Å². The quantitative estimate of drug-likeness (QED) is 0.271. The van der Waals surface area contributed by atoms with Gasteiger partial charge in [0, 0.05) is 5.56 Å². The minimum Gasteiger partial charge on any atom is -0.426 e. The van der Waals surface area contributed by atoms with Crippen molar-refractivity contribution in [1.29, 1.82) is 0 Å². The fourth-order valence-electron chi connectivity index (χ4n) is 2.44. The second-order valence-electron chi connectivity index (χ2n) is 6.11. The van der Waals surface area contributed by atoms with Crippen LogP contribution in [0.2, 0.25) is 0 Å². The monoisotopic (exact) mass is 440 g/mol. The summed E-state index contributed by atoms with van der Waals surface area (Å²) >= 11 is 0. The fraction of sp³-hybridized carbons (Fsp3) is 0.167. The van der Waals surface area contributed by atoms with E-state index in [0.29, 0.717) is 22.6 Å². The average molecular weight is 440 g/mol. The fourth-order valence-corrected chi connectivity index (χ4v) is 2.44. The largest absolute Gasteiger partial charge is 0.499 e. The van der Waals surface area contributed by atoms with Gasteiger partial charge in [-0.15, -0.1) is 5.10 Å². The molecule has 1 heterocycles. The number of halogens is 5.